The van der Waals surface area contributed by atoms with Gasteiger partial charge in [0.05, 0.1) is 4.90 Å². The number of pyridine rings is 1. The maximum absolute atomic E-state index is 12.6. The molecular formula is C22H19N3O3S. The highest BCUT2D eigenvalue weighted by molar-refractivity contribution is 7.89. The summed E-state index contributed by atoms with van der Waals surface area (Å²) in [6.45, 7) is 0. The number of amides is 1. The van der Waals surface area contributed by atoms with E-state index in [1.807, 2.05) is 24.3 Å². The monoisotopic (exact) mass is 405 g/mol. The van der Waals surface area contributed by atoms with Crippen molar-refractivity contribution in [2.45, 2.75) is 4.90 Å². The van der Waals surface area contributed by atoms with Gasteiger partial charge in [0.1, 0.15) is 5.69 Å². The average Bonchev–Trinajstić information content (AvgIpc) is 2.73. The summed E-state index contributed by atoms with van der Waals surface area (Å²) in [5.41, 5.74) is 2.18. The Morgan fingerprint density at radius 1 is 0.966 bits per heavy atom. The summed E-state index contributed by atoms with van der Waals surface area (Å²) < 4.78 is 25.6. The summed E-state index contributed by atoms with van der Waals surface area (Å²) in [6, 6.07) is 18.5. The smallest absolute Gasteiger partial charge is 0.255 e. The summed E-state index contributed by atoms with van der Waals surface area (Å²) in [6.07, 6.45) is 1.67. The molecule has 0 bridgehead atoms. The fraction of sp³-hybridized carbons (Fsp3) is 0.0909. The molecule has 6 nitrogen and oxygen atoms in total. The van der Waals surface area contributed by atoms with Crippen molar-refractivity contribution in [1.29, 1.82) is 0 Å². The molecule has 2 aromatic carbocycles. The normalized spacial score (nSPS) is 10.9. The third kappa shape index (κ3) is 5.08. The van der Waals surface area contributed by atoms with Gasteiger partial charge >= 0.3 is 0 Å². The lowest BCUT2D eigenvalue weighted by atomic mass is 10.1. The third-order valence-corrected chi connectivity index (χ3v) is 5.81. The molecule has 29 heavy (non-hydrogen) atoms. The number of aromatic nitrogens is 1. The zero-order chi connectivity index (χ0) is 20.9. The molecule has 1 heterocycles. The van der Waals surface area contributed by atoms with E-state index in [0.29, 0.717) is 11.4 Å². The maximum Gasteiger partial charge on any atom is 0.255 e. The molecule has 0 saturated carbocycles. The zero-order valence-electron chi connectivity index (χ0n) is 16.0. The Labute approximate surface area is 170 Å². The first-order valence-corrected chi connectivity index (χ1v) is 10.2. The summed E-state index contributed by atoms with van der Waals surface area (Å²) in [5.74, 6) is 5.56. The van der Waals surface area contributed by atoms with Crippen molar-refractivity contribution in [3.8, 4) is 11.8 Å². The highest BCUT2D eigenvalue weighted by Crippen LogP contribution is 2.17. The van der Waals surface area contributed by atoms with Crippen LogP contribution in [0.1, 0.15) is 21.6 Å². The first-order chi connectivity index (χ1) is 13.9. The van der Waals surface area contributed by atoms with Gasteiger partial charge in [-0.15, -0.1) is 0 Å². The highest BCUT2D eigenvalue weighted by Gasteiger charge is 2.18. The molecule has 1 aromatic heterocycles. The van der Waals surface area contributed by atoms with Crippen molar-refractivity contribution in [2.75, 3.05) is 19.4 Å². The second-order valence-corrected chi connectivity index (χ2v) is 8.47. The largest absolute Gasteiger partial charge is 0.322 e. The van der Waals surface area contributed by atoms with E-state index in [4.69, 9.17) is 0 Å². The van der Waals surface area contributed by atoms with Crippen LogP contribution in [0.5, 0.6) is 0 Å². The number of anilines is 1. The van der Waals surface area contributed by atoms with Gasteiger partial charge in [0.2, 0.25) is 10.0 Å². The van der Waals surface area contributed by atoms with Crippen LogP contribution in [-0.2, 0) is 10.0 Å². The predicted molar refractivity (Wildman–Crippen MR) is 112 cm³/mol. The minimum Gasteiger partial charge on any atom is -0.322 e. The molecule has 0 atom stereocenters. The number of nitrogens with one attached hydrogen (secondary N) is 1. The van der Waals surface area contributed by atoms with Crippen molar-refractivity contribution in [1.82, 2.24) is 9.29 Å². The van der Waals surface area contributed by atoms with Crippen molar-refractivity contribution < 1.29 is 13.2 Å². The minimum atomic E-state index is -3.62. The Morgan fingerprint density at radius 3 is 2.48 bits per heavy atom. The van der Waals surface area contributed by atoms with Crippen LogP contribution in [0.3, 0.4) is 0 Å². The van der Waals surface area contributed by atoms with Crippen molar-refractivity contribution in [3.63, 3.8) is 0 Å². The fourth-order valence-electron chi connectivity index (χ4n) is 2.46. The number of carbonyl (C=O) groups excluding carboxylic acids is 1. The first-order valence-electron chi connectivity index (χ1n) is 8.73. The van der Waals surface area contributed by atoms with E-state index in [0.717, 1.165) is 9.87 Å². The molecule has 7 heteroatoms. The Hall–Kier alpha value is -3.47. The standard InChI is InChI=1S/C22H19N3O3S/c1-25(2)29(27,28)21-11-6-8-18(16-21)22(26)24-20-10-5-7-17(15-20)12-13-19-9-3-4-14-23-19/h3-11,14-16H,1-2H3,(H,24,26). The van der Waals surface area contributed by atoms with E-state index in [-0.39, 0.29) is 10.5 Å². The van der Waals surface area contributed by atoms with Gasteiger partial charge in [0, 0.05) is 37.1 Å². The van der Waals surface area contributed by atoms with Gasteiger partial charge in [0.25, 0.3) is 5.91 Å². The Balaban J connectivity index is 1.79. The molecule has 3 aromatic rings. The molecule has 0 fully saturated rings. The second-order valence-electron chi connectivity index (χ2n) is 6.32. The average molecular weight is 405 g/mol. The lowest BCUT2D eigenvalue weighted by Crippen LogP contribution is -2.22. The highest BCUT2D eigenvalue weighted by atomic mass is 32.2. The van der Waals surface area contributed by atoms with Crippen molar-refractivity contribution in [3.05, 3.63) is 89.7 Å². The van der Waals surface area contributed by atoms with Crippen LogP contribution in [-0.4, -0.2) is 37.7 Å². The lowest BCUT2D eigenvalue weighted by molar-refractivity contribution is 0.102. The van der Waals surface area contributed by atoms with Crippen LogP contribution >= 0.6 is 0 Å². The van der Waals surface area contributed by atoms with E-state index in [1.165, 1.54) is 26.2 Å². The molecule has 0 unspecified atom stereocenters. The Morgan fingerprint density at radius 2 is 1.76 bits per heavy atom. The molecule has 0 aliphatic carbocycles. The van der Waals surface area contributed by atoms with E-state index >= 15 is 0 Å². The second kappa shape index (κ2) is 8.69. The van der Waals surface area contributed by atoms with Gasteiger partial charge in [-0.1, -0.05) is 24.1 Å². The quantitative estimate of drug-likeness (QED) is 0.677. The number of rotatable bonds is 4. The number of hydrogen-bond donors (Lipinski definition) is 1. The van der Waals surface area contributed by atoms with Gasteiger partial charge in [-0.3, -0.25) is 4.79 Å². The maximum atomic E-state index is 12.6. The summed E-state index contributed by atoms with van der Waals surface area (Å²) in [7, 11) is -0.729. The third-order valence-electron chi connectivity index (χ3n) is 4.00. The molecule has 0 aliphatic rings. The predicted octanol–water partition coefficient (Wildman–Crippen LogP) is 2.98. The van der Waals surface area contributed by atoms with Crippen molar-refractivity contribution >= 4 is 21.6 Å². The molecule has 0 spiro atoms. The molecule has 1 N–H and O–H groups in total. The summed E-state index contributed by atoms with van der Waals surface area (Å²) in [5, 5.41) is 2.77. The van der Waals surface area contributed by atoms with E-state index in [1.54, 1.807) is 36.5 Å². The van der Waals surface area contributed by atoms with E-state index in [2.05, 4.69) is 22.1 Å². The molecule has 0 radical (unpaired) electrons. The van der Waals surface area contributed by atoms with Gasteiger partial charge < -0.3 is 5.32 Å². The molecule has 146 valence electrons. The van der Waals surface area contributed by atoms with Gasteiger partial charge in [-0.05, 0) is 54.5 Å². The fourth-order valence-corrected chi connectivity index (χ4v) is 3.41. The molecule has 3 rings (SSSR count). The minimum absolute atomic E-state index is 0.0603. The first kappa shape index (κ1) is 20.3. The molecule has 1 amide bonds. The van der Waals surface area contributed by atoms with Crippen LogP contribution in [0.4, 0.5) is 5.69 Å². The van der Waals surface area contributed by atoms with Gasteiger partial charge in [-0.25, -0.2) is 17.7 Å². The van der Waals surface area contributed by atoms with Crippen LogP contribution < -0.4 is 5.32 Å². The number of carbonyl (C=O) groups is 1. The number of benzene rings is 2. The van der Waals surface area contributed by atoms with Crippen molar-refractivity contribution in [2.24, 2.45) is 0 Å². The summed E-state index contributed by atoms with van der Waals surface area (Å²) >= 11 is 0. The molecular weight excluding hydrogens is 386 g/mol. The topological polar surface area (TPSA) is 79.4 Å². The van der Waals surface area contributed by atoms with Crippen LogP contribution in [0.25, 0.3) is 0 Å². The van der Waals surface area contributed by atoms with E-state index < -0.39 is 15.9 Å². The van der Waals surface area contributed by atoms with Gasteiger partial charge in [0.15, 0.2) is 0 Å². The Kier molecular flexibility index (Phi) is 6.07. The van der Waals surface area contributed by atoms with E-state index in [9.17, 15) is 13.2 Å². The number of nitrogens with zero attached hydrogens (tertiary/aromatic N) is 2. The zero-order valence-corrected chi connectivity index (χ0v) is 16.8. The van der Waals surface area contributed by atoms with Gasteiger partial charge in [-0.2, -0.15) is 0 Å². The molecule has 0 aliphatic heterocycles. The number of sulfonamides is 1. The Bertz CT molecular complexity index is 1190. The SMILES string of the molecule is CN(C)S(=O)(=O)c1cccc(C(=O)Nc2cccc(C#Cc3ccccn3)c2)c1. The van der Waals surface area contributed by atoms with Crippen LogP contribution in [0.15, 0.2) is 77.8 Å². The number of hydrogen-bond acceptors (Lipinski definition) is 4. The van der Waals surface area contributed by atoms with Crippen LogP contribution in [0.2, 0.25) is 0 Å². The summed E-state index contributed by atoms with van der Waals surface area (Å²) in [4.78, 5) is 16.8. The lowest BCUT2D eigenvalue weighted by Gasteiger charge is -2.12. The molecule has 0 saturated heterocycles. The van der Waals surface area contributed by atoms with Crippen LogP contribution in [0, 0.1) is 11.8 Å².